The molecular weight excluding hydrogens is 292 g/mol. The number of hydrogen-bond donors (Lipinski definition) is 0. The van der Waals surface area contributed by atoms with E-state index in [4.69, 9.17) is 9.47 Å². The molecule has 2 aromatic carbocycles. The topological polar surface area (TPSA) is 18.5 Å². The van der Waals surface area contributed by atoms with Crippen LogP contribution in [-0.2, 0) is 6.61 Å². The minimum atomic E-state index is 0.519. The highest BCUT2D eigenvalue weighted by Gasteiger charge is 2.05. The van der Waals surface area contributed by atoms with Gasteiger partial charge in [0, 0.05) is 10.0 Å². The van der Waals surface area contributed by atoms with Gasteiger partial charge in [-0.15, -0.1) is 0 Å². The zero-order valence-corrected chi connectivity index (χ0v) is 11.8. The third kappa shape index (κ3) is 3.26. The van der Waals surface area contributed by atoms with Crippen molar-refractivity contribution in [3.05, 3.63) is 58.6 Å². The molecule has 0 aliphatic rings. The van der Waals surface area contributed by atoms with Gasteiger partial charge in [0.2, 0.25) is 0 Å². The first kappa shape index (κ1) is 13.0. The normalized spacial score (nSPS) is 10.1. The van der Waals surface area contributed by atoms with E-state index in [0.717, 1.165) is 21.5 Å². The van der Waals surface area contributed by atoms with E-state index in [2.05, 4.69) is 15.9 Å². The molecule has 0 radical (unpaired) electrons. The number of rotatable bonds is 5. The lowest BCUT2D eigenvalue weighted by Crippen LogP contribution is -1.99. The summed E-state index contributed by atoms with van der Waals surface area (Å²) in [6.07, 6.45) is 0. The maximum atomic E-state index is 5.80. The van der Waals surface area contributed by atoms with E-state index in [0.29, 0.717) is 13.2 Å². The van der Waals surface area contributed by atoms with E-state index in [9.17, 15) is 0 Å². The third-order valence-electron chi connectivity index (χ3n) is 2.49. The molecule has 2 nitrogen and oxygen atoms in total. The Hall–Kier alpha value is -1.48. The molecule has 0 spiro atoms. The van der Waals surface area contributed by atoms with Crippen molar-refractivity contribution in [1.82, 2.24) is 0 Å². The quantitative estimate of drug-likeness (QED) is 0.813. The predicted molar refractivity (Wildman–Crippen MR) is 76.1 cm³/mol. The summed E-state index contributed by atoms with van der Waals surface area (Å²) in [6.45, 7) is 3.12. The van der Waals surface area contributed by atoms with Gasteiger partial charge in [-0.25, -0.2) is 0 Å². The second-order valence-electron chi connectivity index (χ2n) is 3.76. The van der Waals surface area contributed by atoms with Crippen LogP contribution in [0.2, 0.25) is 0 Å². The van der Waals surface area contributed by atoms with Gasteiger partial charge in [-0.1, -0.05) is 46.3 Å². The van der Waals surface area contributed by atoms with Crippen molar-refractivity contribution in [1.29, 1.82) is 0 Å². The molecule has 0 amide bonds. The van der Waals surface area contributed by atoms with Crippen LogP contribution in [-0.4, -0.2) is 6.61 Å². The van der Waals surface area contributed by atoms with Gasteiger partial charge in [0.25, 0.3) is 0 Å². The summed E-state index contributed by atoms with van der Waals surface area (Å²) in [5.41, 5.74) is 1.11. The SMILES string of the molecule is CCOc1ccccc1OCc1ccccc1Br. The molecule has 0 saturated carbocycles. The monoisotopic (exact) mass is 306 g/mol. The predicted octanol–water partition coefficient (Wildman–Crippen LogP) is 4.43. The number of benzene rings is 2. The highest BCUT2D eigenvalue weighted by molar-refractivity contribution is 9.10. The first-order valence-electron chi connectivity index (χ1n) is 5.89. The van der Waals surface area contributed by atoms with Gasteiger partial charge < -0.3 is 9.47 Å². The minimum Gasteiger partial charge on any atom is -0.490 e. The van der Waals surface area contributed by atoms with Crippen molar-refractivity contribution in [3.8, 4) is 11.5 Å². The number of para-hydroxylation sites is 2. The standard InChI is InChI=1S/C15H15BrO2/c1-2-17-14-9-5-6-10-15(14)18-11-12-7-3-4-8-13(12)16/h3-10H,2,11H2,1H3. The molecule has 0 N–H and O–H groups in total. The first-order valence-corrected chi connectivity index (χ1v) is 6.68. The van der Waals surface area contributed by atoms with Crippen LogP contribution in [0.4, 0.5) is 0 Å². The second kappa shape index (κ2) is 6.45. The summed E-state index contributed by atoms with van der Waals surface area (Å²) < 4.78 is 12.4. The molecule has 2 aromatic rings. The number of hydrogen-bond acceptors (Lipinski definition) is 2. The molecule has 2 rings (SSSR count). The van der Waals surface area contributed by atoms with Gasteiger partial charge in [-0.2, -0.15) is 0 Å². The van der Waals surface area contributed by atoms with Crippen molar-refractivity contribution in [2.24, 2.45) is 0 Å². The van der Waals surface area contributed by atoms with Gasteiger partial charge in [0.05, 0.1) is 6.61 Å². The van der Waals surface area contributed by atoms with E-state index >= 15 is 0 Å². The molecular formula is C15H15BrO2. The van der Waals surface area contributed by atoms with Gasteiger partial charge in [-0.05, 0) is 25.1 Å². The van der Waals surface area contributed by atoms with Crippen LogP contribution in [0.25, 0.3) is 0 Å². The summed E-state index contributed by atoms with van der Waals surface area (Å²) >= 11 is 3.51. The Labute approximate surface area is 116 Å². The van der Waals surface area contributed by atoms with Gasteiger partial charge >= 0.3 is 0 Å². The van der Waals surface area contributed by atoms with Crippen LogP contribution in [0.1, 0.15) is 12.5 Å². The Morgan fingerprint density at radius 2 is 1.50 bits per heavy atom. The molecule has 94 valence electrons. The zero-order chi connectivity index (χ0) is 12.8. The fourth-order valence-corrected chi connectivity index (χ4v) is 2.01. The van der Waals surface area contributed by atoms with Crippen molar-refractivity contribution in [2.45, 2.75) is 13.5 Å². The highest BCUT2D eigenvalue weighted by Crippen LogP contribution is 2.28. The third-order valence-corrected chi connectivity index (χ3v) is 3.26. The number of halogens is 1. The van der Waals surface area contributed by atoms with Crippen LogP contribution >= 0.6 is 15.9 Å². The lowest BCUT2D eigenvalue weighted by Gasteiger charge is -2.12. The molecule has 18 heavy (non-hydrogen) atoms. The van der Waals surface area contributed by atoms with Crippen molar-refractivity contribution in [3.63, 3.8) is 0 Å². The van der Waals surface area contributed by atoms with Crippen molar-refractivity contribution >= 4 is 15.9 Å². The summed E-state index contributed by atoms with van der Waals surface area (Å²) in [5.74, 6) is 1.56. The summed E-state index contributed by atoms with van der Waals surface area (Å²) in [7, 11) is 0. The van der Waals surface area contributed by atoms with Crippen LogP contribution < -0.4 is 9.47 Å². The maximum Gasteiger partial charge on any atom is 0.161 e. The summed E-state index contributed by atoms with van der Waals surface area (Å²) in [5, 5.41) is 0. The van der Waals surface area contributed by atoms with E-state index in [1.807, 2.05) is 55.5 Å². The van der Waals surface area contributed by atoms with Crippen LogP contribution in [0, 0.1) is 0 Å². The van der Waals surface area contributed by atoms with Crippen LogP contribution in [0.15, 0.2) is 53.0 Å². The molecule has 0 aliphatic heterocycles. The van der Waals surface area contributed by atoms with E-state index < -0.39 is 0 Å². The van der Waals surface area contributed by atoms with Gasteiger partial charge in [0.15, 0.2) is 11.5 Å². The molecule has 0 fully saturated rings. The lowest BCUT2D eigenvalue weighted by molar-refractivity contribution is 0.269. The van der Waals surface area contributed by atoms with Gasteiger partial charge in [-0.3, -0.25) is 0 Å². The fourth-order valence-electron chi connectivity index (χ4n) is 1.62. The Kier molecular flexibility index (Phi) is 4.65. The fraction of sp³-hybridized carbons (Fsp3) is 0.200. The van der Waals surface area contributed by atoms with Gasteiger partial charge in [0.1, 0.15) is 6.61 Å². The van der Waals surface area contributed by atoms with E-state index in [1.54, 1.807) is 0 Å². The lowest BCUT2D eigenvalue weighted by atomic mass is 10.2. The van der Waals surface area contributed by atoms with E-state index in [-0.39, 0.29) is 0 Å². The Morgan fingerprint density at radius 3 is 2.17 bits per heavy atom. The second-order valence-corrected chi connectivity index (χ2v) is 4.61. The van der Waals surface area contributed by atoms with Crippen molar-refractivity contribution < 1.29 is 9.47 Å². The first-order chi connectivity index (χ1) is 8.81. The molecule has 0 atom stereocenters. The Balaban J connectivity index is 2.08. The smallest absolute Gasteiger partial charge is 0.161 e. The summed E-state index contributed by atoms with van der Waals surface area (Å²) in [6, 6.07) is 15.7. The average Bonchev–Trinajstić information content (AvgIpc) is 2.40. The molecule has 0 unspecified atom stereocenters. The molecule has 3 heteroatoms. The zero-order valence-electron chi connectivity index (χ0n) is 10.2. The van der Waals surface area contributed by atoms with Crippen LogP contribution in [0.3, 0.4) is 0 Å². The molecule has 0 aliphatic carbocycles. The highest BCUT2D eigenvalue weighted by atomic mass is 79.9. The Bertz CT molecular complexity index is 511. The largest absolute Gasteiger partial charge is 0.490 e. The molecule has 0 bridgehead atoms. The molecule has 0 heterocycles. The average molecular weight is 307 g/mol. The Morgan fingerprint density at radius 1 is 0.889 bits per heavy atom. The van der Waals surface area contributed by atoms with E-state index in [1.165, 1.54) is 0 Å². The number of ether oxygens (including phenoxy) is 2. The van der Waals surface area contributed by atoms with Crippen LogP contribution in [0.5, 0.6) is 11.5 Å². The van der Waals surface area contributed by atoms with Crippen molar-refractivity contribution in [2.75, 3.05) is 6.61 Å². The minimum absolute atomic E-state index is 0.519. The molecule has 0 saturated heterocycles. The summed E-state index contributed by atoms with van der Waals surface area (Å²) in [4.78, 5) is 0. The maximum absolute atomic E-state index is 5.80. The molecule has 0 aromatic heterocycles.